The zero-order chi connectivity index (χ0) is 21.1. The summed E-state index contributed by atoms with van der Waals surface area (Å²) >= 11 is 0. The Balaban J connectivity index is 1.61. The molecule has 1 aliphatic heterocycles. The molecule has 2 aromatic carbocycles. The van der Waals surface area contributed by atoms with Crippen LogP contribution < -0.4 is 9.64 Å². The summed E-state index contributed by atoms with van der Waals surface area (Å²) in [6, 6.07) is 14.7. The molecule has 0 N–H and O–H groups in total. The number of methoxy groups -OCH3 is 1. The fourth-order valence-electron chi connectivity index (χ4n) is 4.03. The van der Waals surface area contributed by atoms with Gasteiger partial charge in [0.15, 0.2) is 5.82 Å². The van der Waals surface area contributed by atoms with Gasteiger partial charge in [-0.25, -0.2) is 9.07 Å². The van der Waals surface area contributed by atoms with Crippen LogP contribution in [0.25, 0.3) is 0 Å². The van der Waals surface area contributed by atoms with E-state index in [2.05, 4.69) is 45.2 Å². The lowest BCUT2D eigenvalue weighted by Gasteiger charge is -2.40. The van der Waals surface area contributed by atoms with Crippen LogP contribution in [0.2, 0.25) is 0 Å². The lowest BCUT2D eigenvalue weighted by Crippen LogP contribution is -2.48. The molecule has 1 aliphatic rings. The number of para-hydroxylation sites is 2. The number of piperazine rings is 1. The van der Waals surface area contributed by atoms with E-state index in [9.17, 15) is 4.39 Å². The molecule has 3 aromatic rings. The third-order valence-electron chi connectivity index (χ3n) is 5.54. The van der Waals surface area contributed by atoms with E-state index in [4.69, 9.17) is 4.74 Å². The smallest absolute Gasteiger partial charge is 0.173 e. The summed E-state index contributed by atoms with van der Waals surface area (Å²) in [4.78, 5) is 4.70. The Morgan fingerprint density at radius 2 is 1.67 bits per heavy atom. The monoisotopic (exact) mass is 410 g/mol. The second-order valence-electron chi connectivity index (χ2n) is 7.72. The van der Waals surface area contributed by atoms with Crippen molar-refractivity contribution in [1.29, 1.82) is 0 Å². The molecule has 0 bridgehead atoms. The van der Waals surface area contributed by atoms with Gasteiger partial charge in [-0.05, 0) is 54.1 Å². The number of ether oxygens (including phenoxy) is 1. The van der Waals surface area contributed by atoms with Gasteiger partial charge in [-0.1, -0.05) is 24.3 Å². The number of rotatable bonds is 6. The first-order valence-electron chi connectivity index (χ1n) is 10.2. The van der Waals surface area contributed by atoms with Crippen molar-refractivity contribution >= 4 is 5.69 Å². The van der Waals surface area contributed by atoms with Crippen LogP contribution in [0.4, 0.5) is 10.1 Å². The molecule has 4 rings (SSSR count). The second-order valence-corrected chi connectivity index (χ2v) is 7.72. The normalized spacial score (nSPS) is 16.1. The highest BCUT2D eigenvalue weighted by atomic mass is 19.1. The van der Waals surface area contributed by atoms with E-state index in [1.807, 2.05) is 35.0 Å². The topological polar surface area (TPSA) is 59.3 Å². The zero-order valence-corrected chi connectivity index (χ0v) is 17.6. The predicted octanol–water partition coefficient (Wildman–Crippen LogP) is 3.31. The van der Waals surface area contributed by atoms with Crippen molar-refractivity contribution in [1.82, 2.24) is 25.1 Å². The van der Waals surface area contributed by atoms with Crippen molar-refractivity contribution in [3.05, 3.63) is 65.7 Å². The van der Waals surface area contributed by atoms with Crippen molar-refractivity contribution in [2.24, 2.45) is 0 Å². The molecule has 30 heavy (non-hydrogen) atoms. The van der Waals surface area contributed by atoms with E-state index < -0.39 is 0 Å². The van der Waals surface area contributed by atoms with E-state index in [1.54, 1.807) is 7.11 Å². The minimum atomic E-state index is -0.248. The van der Waals surface area contributed by atoms with Gasteiger partial charge in [0, 0.05) is 26.2 Å². The first kappa shape index (κ1) is 20.3. The Hall–Kier alpha value is -3.00. The maximum Gasteiger partial charge on any atom is 0.173 e. The molecule has 1 saturated heterocycles. The second kappa shape index (κ2) is 8.79. The molecule has 1 fully saturated rings. The average molecular weight is 410 g/mol. The summed E-state index contributed by atoms with van der Waals surface area (Å²) in [7, 11) is 1.70. The van der Waals surface area contributed by atoms with Gasteiger partial charge >= 0.3 is 0 Å². The number of aromatic nitrogens is 4. The first-order chi connectivity index (χ1) is 14.6. The summed E-state index contributed by atoms with van der Waals surface area (Å²) in [5, 5.41) is 12.5. The quantitative estimate of drug-likeness (QED) is 0.621. The Labute approximate surface area is 176 Å². The molecule has 8 heteroatoms. The summed E-state index contributed by atoms with van der Waals surface area (Å²) in [5.41, 5.74) is 2.09. The third kappa shape index (κ3) is 4.00. The number of tetrazole rings is 1. The van der Waals surface area contributed by atoms with Gasteiger partial charge < -0.3 is 9.64 Å². The van der Waals surface area contributed by atoms with E-state index in [0.29, 0.717) is 0 Å². The van der Waals surface area contributed by atoms with Crippen molar-refractivity contribution in [3.8, 4) is 5.75 Å². The van der Waals surface area contributed by atoms with Gasteiger partial charge in [0.1, 0.15) is 11.6 Å². The number of halogens is 1. The van der Waals surface area contributed by atoms with Crippen molar-refractivity contribution in [2.75, 3.05) is 38.2 Å². The predicted molar refractivity (Wildman–Crippen MR) is 113 cm³/mol. The minimum Gasteiger partial charge on any atom is -0.495 e. The van der Waals surface area contributed by atoms with Crippen LogP contribution in [0.3, 0.4) is 0 Å². The number of hydrogen-bond acceptors (Lipinski definition) is 6. The summed E-state index contributed by atoms with van der Waals surface area (Å²) in [5.74, 6) is 1.41. The first-order valence-corrected chi connectivity index (χ1v) is 10.2. The lowest BCUT2D eigenvalue weighted by molar-refractivity contribution is 0.198. The highest BCUT2D eigenvalue weighted by Crippen LogP contribution is 2.32. The molecular formula is C22H27FN6O. The summed E-state index contributed by atoms with van der Waals surface area (Å²) < 4.78 is 21.0. The Morgan fingerprint density at radius 3 is 2.33 bits per heavy atom. The Morgan fingerprint density at radius 1 is 0.967 bits per heavy atom. The number of benzene rings is 2. The molecule has 0 radical (unpaired) electrons. The van der Waals surface area contributed by atoms with Gasteiger partial charge in [0.25, 0.3) is 0 Å². The molecular weight excluding hydrogens is 383 g/mol. The maximum atomic E-state index is 13.6. The van der Waals surface area contributed by atoms with Gasteiger partial charge in [-0.2, -0.15) is 0 Å². The van der Waals surface area contributed by atoms with Gasteiger partial charge in [-0.15, -0.1) is 5.10 Å². The van der Waals surface area contributed by atoms with E-state index in [-0.39, 0.29) is 17.9 Å². The summed E-state index contributed by atoms with van der Waals surface area (Å²) in [6.07, 6.45) is 0. The van der Waals surface area contributed by atoms with Crippen LogP contribution in [0.15, 0.2) is 48.5 Å². The average Bonchev–Trinajstić information content (AvgIpc) is 3.25. The lowest BCUT2D eigenvalue weighted by atomic mass is 10.0. The van der Waals surface area contributed by atoms with Gasteiger partial charge in [-0.3, -0.25) is 4.90 Å². The zero-order valence-electron chi connectivity index (χ0n) is 17.6. The molecule has 1 aromatic heterocycles. The molecule has 0 amide bonds. The van der Waals surface area contributed by atoms with Crippen LogP contribution in [0.1, 0.15) is 37.3 Å². The van der Waals surface area contributed by atoms with Gasteiger partial charge in [0.2, 0.25) is 0 Å². The Bertz CT molecular complexity index is 966. The fourth-order valence-corrected chi connectivity index (χ4v) is 4.03. The van der Waals surface area contributed by atoms with Gasteiger partial charge in [0.05, 0.1) is 24.9 Å². The van der Waals surface area contributed by atoms with E-state index >= 15 is 0 Å². The maximum absolute atomic E-state index is 13.6. The summed E-state index contributed by atoms with van der Waals surface area (Å²) in [6.45, 7) is 7.46. The van der Waals surface area contributed by atoms with Crippen molar-refractivity contribution in [2.45, 2.75) is 25.9 Å². The van der Waals surface area contributed by atoms with Crippen molar-refractivity contribution in [3.63, 3.8) is 0 Å². The molecule has 1 atom stereocenters. The highest BCUT2D eigenvalue weighted by molar-refractivity contribution is 5.58. The van der Waals surface area contributed by atoms with Crippen LogP contribution in [0, 0.1) is 5.82 Å². The SMILES string of the molecule is COc1ccccc1N1CCN([C@H](c2ccc(F)cc2)c2nnnn2C(C)C)CC1. The minimum absolute atomic E-state index is 0.132. The molecule has 0 aliphatic carbocycles. The molecule has 158 valence electrons. The molecule has 0 spiro atoms. The number of hydrogen-bond donors (Lipinski definition) is 0. The van der Waals surface area contributed by atoms with Crippen LogP contribution in [-0.2, 0) is 0 Å². The number of nitrogens with zero attached hydrogens (tertiary/aromatic N) is 6. The molecule has 0 saturated carbocycles. The Kier molecular flexibility index (Phi) is 5.94. The largest absolute Gasteiger partial charge is 0.495 e. The van der Waals surface area contributed by atoms with Crippen molar-refractivity contribution < 1.29 is 9.13 Å². The van der Waals surface area contributed by atoms with E-state index in [0.717, 1.165) is 49.0 Å². The van der Waals surface area contributed by atoms with Crippen LogP contribution in [0.5, 0.6) is 5.75 Å². The van der Waals surface area contributed by atoms with E-state index in [1.165, 1.54) is 12.1 Å². The van der Waals surface area contributed by atoms with Crippen LogP contribution >= 0.6 is 0 Å². The highest BCUT2D eigenvalue weighted by Gasteiger charge is 2.31. The third-order valence-corrected chi connectivity index (χ3v) is 5.54. The molecule has 0 unspecified atom stereocenters. The molecule has 7 nitrogen and oxygen atoms in total. The standard InChI is InChI=1S/C22H27FN6O/c1-16(2)29-22(24-25-26-29)21(17-8-10-18(23)11-9-17)28-14-12-27(13-15-28)19-6-4-5-7-20(19)30-3/h4-11,16,21H,12-15H2,1-3H3/t21-/m1/s1. The molecule has 2 heterocycles. The number of anilines is 1. The van der Waals surface area contributed by atoms with Crippen LogP contribution in [-0.4, -0.2) is 58.4 Å². The fraction of sp³-hybridized carbons (Fsp3) is 0.409.